The van der Waals surface area contributed by atoms with Crippen molar-refractivity contribution in [3.8, 4) is 44.5 Å². The van der Waals surface area contributed by atoms with Gasteiger partial charge < -0.3 is 13.7 Å². The summed E-state index contributed by atoms with van der Waals surface area (Å²) in [4.78, 5) is 7.04. The lowest BCUT2D eigenvalue weighted by molar-refractivity contribution is 0.394. The second kappa shape index (κ2) is 28.2. The fraction of sp³-hybridized carbons (Fsp3) is 0.418. The number of rotatable bonds is 32. The van der Waals surface area contributed by atoms with Crippen LogP contribution in [0.5, 0.6) is 0 Å². The van der Waals surface area contributed by atoms with E-state index in [-0.39, 0.29) is 16.2 Å². The minimum absolute atomic E-state index is 0.0913. The number of para-hydroxylation sites is 2. The zero-order valence-electron chi connectivity index (χ0n) is 58.6. The second-order valence-corrected chi connectivity index (χ2v) is 29.8. The maximum absolute atomic E-state index is 6.91. The fourth-order valence-electron chi connectivity index (χ4n) is 18.2. The first-order valence-electron chi connectivity index (χ1n) is 37.8. The zero-order valence-corrected chi connectivity index (χ0v) is 58.6. The maximum Gasteiger partial charge on any atom is 0.143 e. The van der Waals surface area contributed by atoms with E-state index in [2.05, 4.69) is 210 Å². The smallest absolute Gasteiger partial charge is 0.143 e. The van der Waals surface area contributed by atoms with Gasteiger partial charge in [0.1, 0.15) is 22.3 Å². The number of furan rings is 2. The van der Waals surface area contributed by atoms with E-state index in [1.807, 2.05) is 12.4 Å². The van der Waals surface area contributed by atoms with Crippen LogP contribution in [-0.4, -0.2) is 4.98 Å². The van der Waals surface area contributed by atoms with Crippen LogP contribution in [0.15, 0.2) is 173 Å². The average molecular weight is 1260 g/mol. The quantitative estimate of drug-likeness (QED) is 0.0394. The normalized spacial score (nSPS) is 14.4. The molecule has 8 aromatic carbocycles. The van der Waals surface area contributed by atoms with Gasteiger partial charge in [-0.25, -0.2) is 0 Å². The van der Waals surface area contributed by atoms with E-state index in [4.69, 9.17) is 8.83 Å². The van der Waals surface area contributed by atoms with Crippen LogP contribution in [-0.2, 0) is 16.2 Å². The van der Waals surface area contributed by atoms with Gasteiger partial charge >= 0.3 is 0 Å². The lowest BCUT2D eigenvalue weighted by atomic mass is 9.68. The lowest BCUT2D eigenvalue weighted by Gasteiger charge is -2.35. The Bertz CT molecular complexity index is 4460. The molecular weight excluding hydrogens is 1150 g/mol. The molecule has 0 N–H and O–H groups in total. The van der Waals surface area contributed by atoms with Crippen LogP contribution < -0.4 is 4.90 Å². The highest BCUT2D eigenvalue weighted by molar-refractivity contribution is 6.19. The predicted molar refractivity (Wildman–Crippen MR) is 406 cm³/mol. The molecule has 95 heavy (non-hydrogen) atoms. The van der Waals surface area contributed by atoms with Gasteiger partial charge in [0.15, 0.2) is 0 Å². The van der Waals surface area contributed by atoms with Gasteiger partial charge in [-0.1, -0.05) is 268 Å². The number of benzene rings is 8. The summed E-state index contributed by atoms with van der Waals surface area (Å²) in [6, 6.07) is 59.4. The van der Waals surface area contributed by atoms with Crippen LogP contribution in [0.1, 0.15) is 260 Å². The first kappa shape index (κ1) is 64.6. The van der Waals surface area contributed by atoms with E-state index >= 15 is 0 Å². The number of hydrogen-bond acceptors (Lipinski definition) is 4. The lowest BCUT2D eigenvalue weighted by Crippen LogP contribution is -2.27. The van der Waals surface area contributed by atoms with Crippen LogP contribution in [0, 0.1) is 6.92 Å². The van der Waals surface area contributed by atoms with E-state index in [1.165, 1.54) is 250 Å². The molecule has 3 aromatic heterocycles. The molecule has 0 atom stereocenters. The second-order valence-electron chi connectivity index (χ2n) is 29.8. The Morgan fingerprint density at radius 3 is 1.39 bits per heavy atom. The third-order valence-electron chi connectivity index (χ3n) is 23.2. The van der Waals surface area contributed by atoms with E-state index in [0.717, 1.165) is 51.7 Å². The molecule has 0 saturated carbocycles. The van der Waals surface area contributed by atoms with E-state index in [1.54, 1.807) is 22.3 Å². The van der Waals surface area contributed by atoms with Crippen LogP contribution in [0.2, 0.25) is 0 Å². The van der Waals surface area contributed by atoms with Crippen molar-refractivity contribution < 1.29 is 8.83 Å². The fourth-order valence-corrected chi connectivity index (χ4v) is 18.2. The highest BCUT2D eigenvalue weighted by Crippen LogP contribution is 2.64. The number of pyridine rings is 1. The van der Waals surface area contributed by atoms with Gasteiger partial charge in [-0.3, -0.25) is 4.98 Å². The molecule has 0 aliphatic heterocycles. The summed E-state index contributed by atoms with van der Waals surface area (Å²) >= 11 is 0. The summed E-state index contributed by atoms with van der Waals surface area (Å²) in [5.41, 5.74) is 27.9. The van der Waals surface area contributed by atoms with Crippen molar-refractivity contribution in [2.75, 3.05) is 4.90 Å². The Kier molecular flexibility index (Phi) is 19.2. The molecular formula is C91H104N2O2. The molecule has 0 radical (unpaired) electrons. The third-order valence-corrected chi connectivity index (χ3v) is 23.2. The number of anilines is 3. The average Bonchev–Trinajstić information content (AvgIpc) is 1.53. The predicted octanol–water partition coefficient (Wildman–Crippen LogP) is 28.2. The van der Waals surface area contributed by atoms with Gasteiger partial charge in [0.05, 0.1) is 0 Å². The number of fused-ring (bicyclic) bond motifs is 17. The Hall–Kier alpha value is -7.69. The molecule has 4 nitrogen and oxygen atoms in total. The standard InChI is InChI=1S/C91H104N2O2/c1-8-12-16-20-24-32-52-90(53-33-25-21-17-13-9-2)75-48-49-83-86(70-36-28-30-38-81(70)94-83)85(75)74-62-78-73(61-79(74)90)68-46-44-67(59-77(68)91(78,54-34-26-22-18-14-10-3)55-35-27-23-19-15-11-4)93(65-42-40-63(5)41-43-65)66-45-47-69-76(58-66)89(6,7)80-60-72(64-50-56-92-57-51-64)88-87(84(69)80)71-37-29-31-39-82(71)95-88/h28-31,36-51,56-62H,8-27,32-35,52-55H2,1-7H3. The first-order valence-corrected chi connectivity index (χ1v) is 37.8. The van der Waals surface area contributed by atoms with Gasteiger partial charge in [-0.05, 0) is 190 Å². The van der Waals surface area contributed by atoms with Crippen molar-refractivity contribution in [2.45, 2.75) is 244 Å². The summed E-state index contributed by atoms with van der Waals surface area (Å²) < 4.78 is 13.8. The highest BCUT2D eigenvalue weighted by Gasteiger charge is 2.49. The molecule has 4 heteroatoms. The molecule has 0 bridgehead atoms. The van der Waals surface area contributed by atoms with Crippen molar-refractivity contribution in [1.29, 1.82) is 0 Å². The molecule has 0 saturated heterocycles. The van der Waals surface area contributed by atoms with Crippen molar-refractivity contribution >= 4 is 60.9 Å². The Balaban J connectivity index is 0.965. The Labute approximate surface area is 568 Å². The molecule has 0 fully saturated rings. The van der Waals surface area contributed by atoms with Gasteiger partial charge in [0.25, 0.3) is 0 Å². The number of nitrogens with zero attached hydrogens (tertiary/aromatic N) is 2. The summed E-state index contributed by atoms with van der Waals surface area (Å²) in [6.45, 7) is 16.5. The molecule has 490 valence electrons. The SMILES string of the molecule is CCCCCCCCC1(CCCCCCCC)c2cc(N(c3ccc(C)cc3)c3ccc4c(c3)C(C)(C)c3cc(-c5ccncc5)c5oc6ccccc6c5c3-4)ccc2-c2cc3c(cc21)-c1c(ccc2oc4ccccc4c12)C3(CCCCCCCC)CCCCCCCC. The molecule has 0 unspecified atom stereocenters. The largest absolute Gasteiger partial charge is 0.456 e. The van der Waals surface area contributed by atoms with Gasteiger partial charge in [0, 0.05) is 72.8 Å². The van der Waals surface area contributed by atoms with Crippen molar-refractivity contribution in [3.63, 3.8) is 0 Å². The summed E-state index contributed by atoms with van der Waals surface area (Å²) in [5, 5.41) is 4.94. The minimum Gasteiger partial charge on any atom is -0.456 e. The van der Waals surface area contributed by atoms with E-state index < -0.39 is 0 Å². The van der Waals surface area contributed by atoms with Gasteiger partial charge in [-0.2, -0.15) is 0 Å². The minimum atomic E-state index is -0.316. The summed E-state index contributed by atoms with van der Waals surface area (Å²) in [6.07, 6.45) is 39.5. The molecule has 11 aromatic rings. The molecule has 3 heterocycles. The molecule has 3 aliphatic carbocycles. The summed E-state index contributed by atoms with van der Waals surface area (Å²) in [5.74, 6) is 0. The number of unbranched alkanes of at least 4 members (excludes halogenated alkanes) is 20. The molecule has 0 spiro atoms. The van der Waals surface area contributed by atoms with Crippen LogP contribution in [0.3, 0.4) is 0 Å². The Morgan fingerprint density at radius 2 is 0.800 bits per heavy atom. The molecule has 14 rings (SSSR count). The summed E-state index contributed by atoms with van der Waals surface area (Å²) in [7, 11) is 0. The maximum atomic E-state index is 6.91. The molecule has 0 amide bonds. The number of aryl methyl sites for hydroxylation is 1. The first-order chi connectivity index (χ1) is 46.6. The van der Waals surface area contributed by atoms with Gasteiger partial charge in [0.2, 0.25) is 0 Å². The van der Waals surface area contributed by atoms with Crippen molar-refractivity contribution in [3.05, 3.63) is 203 Å². The van der Waals surface area contributed by atoms with E-state index in [0.29, 0.717) is 0 Å². The number of hydrogen-bond donors (Lipinski definition) is 0. The number of aromatic nitrogens is 1. The van der Waals surface area contributed by atoms with Crippen LogP contribution in [0.25, 0.3) is 88.4 Å². The van der Waals surface area contributed by atoms with E-state index in [9.17, 15) is 0 Å². The van der Waals surface area contributed by atoms with Crippen molar-refractivity contribution in [1.82, 2.24) is 4.98 Å². The highest BCUT2D eigenvalue weighted by atomic mass is 16.3. The topological polar surface area (TPSA) is 42.4 Å². The third kappa shape index (κ3) is 11.9. The zero-order chi connectivity index (χ0) is 65.1. The van der Waals surface area contributed by atoms with Crippen LogP contribution >= 0.6 is 0 Å². The monoisotopic (exact) mass is 1260 g/mol. The molecule has 3 aliphatic rings. The van der Waals surface area contributed by atoms with Crippen molar-refractivity contribution in [2.24, 2.45) is 0 Å². The van der Waals surface area contributed by atoms with Crippen LogP contribution in [0.4, 0.5) is 17.1 Å². The van der Waals surface area contributed by atoms with Gasteiger partial charge in [-0.15, -0.1) is 0 Å². The Morgan fingerprint density at radius 1 is 0.347 bits per heavy atom.